The van der Waals surface area contributed by atoms with Crippen LogP contribution in [0.4, 0.5) is 0 Å². The molecule has 1 atom stereocenters. The van der Waals surface area contributed by atoms with Crippen LogP contribution in [0.3, 0.4) is 0 Å². The summed E-state index contributed by atoms with van der Waals surface area (Å²) >= 11 is 0. The molecular formula is C13H17ClN2O3S. The Bertz CT molecular complexity index is 632. The van der Waals surface area contributed by atoms with E-state index in [0.717, 1.165) is 5.56 Å². The number of halogens is 1. The van der Waals surface area contributed by atoms with Crippen molar-refractivity contribution in [1.82, 2.24) is 9.21 Å². The fraction of sp³-hybridized carbons (Fsp3) is 0.462. The maximum Gasteiger partial charge on any atom is 0.254 e. The Morgan fingerprint density at radius 2 is 1.95 bits per heavy atom. The first-order chi connectivity index (χ1) is 9.04. The van der Waals surface area contributed by atoms with Crippen LogP contribution in [0.25, 0.3) is 0 Å². The molecule has 1 aromatic rings. The number of rotatable bonds is 2. The standard InChI is InChI=1S/C13H16N2O3S.ClH/c1-2-19(17,18)14-7-8-15-12(9-14)10-5-3-4-6-11(10)13(15)16;/h3-6,12H,2,7-9H2,1H3;1H/t12-;/m1./s1. The molecule has 20 heavy (non-hydrogen) atoms. The fourth-order valence-corrected chi connectivity index (χ4v) is 3.93. The zero-order chi connectivity index (χ0) is 13.6. The van der Waals surface area contributed by atoms with E-state index in [2.05, 4.69) is 0 Å². The van der Waals surface area contributed by atoms with Gasteiger partial charge in [0, 0.05) is 25.2 Å². The first-order valence-electron chi connectivity index (χ1n) is 6.42. The molecule has 1 fully saturated rings. The quantitative estimate of drug-likeness (QED) is 0.825. The molecule has 2 heterocycles. The Kier molecular flexibility index (Phi) is 4.09. The molecule has 0 radical (unpaired) electrons. The van der Waals surface area contributed by atoms with Crippen molar-refractivity contribution in [3.8, 4) is 0 Å². The van der Waals surface area contributed by atoms with Gasteiger partial charge in [-0.05, 0) is 18.6 Å². The van der Waals surface area contributed by atoms with Crippen LogP contribution < -0.4 is 0 Å². The minimum absolute atomic E-state index is 0. The van der Waals surface area contributed by atoms with Crippen LogP contribution >= 0.6 is 12.4 Å². The summed E-state index contributed by atoms with van der Waals surface area (Å²) in [6.07, 6.45) is 0. The Hall–Kier alpha value is -1.11. The molecule has 3 rings (SSSR count). The average molecular weight is 317 g/mol. The lowest BCUT2D eigenvalue weighted by Gasteiger charge is -2.36. The Balaban J connectivity index is 0.00000147. The number of fused-ring (bicyclic) bond motifs is 3. The van der Waals surface area contributed by atoms with Crippen LogP contribution in [0.5, 0.6) is 0 Å². The normalized spacial score (nSPS) is 22.1. The van der Waals surface area contributed by atoms with Crippen LogP contribution in [-0.4, -0.2) is 48.9 Å². The van der Waals surface area contributed by atoms with Crippen LogP contribution in [0, 0.1) is 0 Å². The molecule has 7 heteroatoms. The van der Waals surface area contributed by atoms with Crippen molar-refractivity contribution in [3.63, 3.8) is 0 Å². The zero-order valence-electron chi connectivity index (χ0n) is 11.2. The maximum absolute atomic E-state index is 12.2. The van der Waals surface area contributed by atoms with Gasteiger partial charge in [0.1, 0.15) is 0 Å². The van der Waals surface area contributed by atoms with Gasteiger partial charge in [-0.25, -0.2) is 8.42 Å². The maximum atomic E-state index is 12.2. The van der Waals surface area contributed by atoms with Gasteiger partial charge in [0.25, 0.3) is 5.91 Å². The Morgan fingerprint density at radius 3 is 2.65 bits per heavy atom. The lowest BCUT2D eigenvalue weighted by molar-refractivity contribution is 0.0628. The smallest absolute Gasteiger partial charge is 0.254 e. The van der Waals surface area contributed by atoms with E-state index in [1.165, 1.54) is 4.31 Å². The lowest BCUT2D eigenvalue weighted by atomic mass is 10.0. The molecule has 0 aromatic heterocycles. The second-order valence-corrected chi connectivity index (χ2v) is 7.12. The third-order valence-corrected chi connectivity index (χ3v) is 5.76. The minimum atomic E-state index is -3.18. The summed E-state index contributed by atoms with van der Waals surface area (Å²) in [6, 6.07) is 7.34. The highest BCUT2D eigenvalue weighted by Crippen LogP contribution is 2.36. The summed E-state index contributed by atoms with van der Waals surface area (Å²) in [5.74, 6) is 0.129. The molecule has 0 unspecified atom stereocenters. The van der Waals surface area contributed by atoms with E-state index in [9.17, 15) is 13.2 Å². The van der Waals surface area contributed by atoms with Gasteiger partial charge in [-0.2, -0.15) is 4.31 Å². The molecule has 110 valence electrons. The van der Waals surface area contributed by atoms with Crippen molar-refractivity contribution in [2.24, 2.45) is 0 Å². The summed E-state index contributed by atoms with van der Waals surface area (Å²) in [5.41, 5.74) is 1.66. The molecular weight excluding hydrogens is 300 g/mol. The van der Waals surface area contributed by atoms with E-state index in [1.807, 2.05) is 24.3 Å². The van der Waals surface area contributed by atoms with Gasteiger partial charge < -0.3 is 4.90 Å². The molecule has 0 N–H and O–H groups in total. The number of hydrogen-bond acceptors (Lipinski definition) is 3. The molecule has 1 aromatic carbocycles. The molecule has 5 nitrogen and oxygen atoms in total. The van der Waals surface area contributed by atoms with Crippen molar-refractivity contribution >= 4 is 28.3 Å². The summed E-state index contributed by atoms with van der Waals surface area (Å²) in [5, 5.41) is 0. The average Bonchev–Trinajstić information content (AvgIpc) is 2.73. The van der Waals surface area contributed by atoms with Crippen LogP contribution in [0.15, 0.2) is 24.3 Å². The predicted octanol–water partition coefficient (Wildman–Crippen LogP) is 1.27. The number of carbonyl (C=O) groups is 1. The van der Waals surface area contributed by atoms with Crippen molar-refractivity contribution in [1.29, 1.82) is 0 Å². The number of hydrogen-bond donors (Lipinski definition) is 0. The second-order valence-electron chi connectivity index (χ2n) is 4.86. The molecule has 2 aliphatic rings. The molecule has 2 aliphatic heterocycles. The molecule has 0 bridgehead atoms. The summed E-state index contributed by atoms with van der Waals surface area (Å²) in [6.45, 7) is 2.89. The van der Waals surface area contributed by atoms with Crippen molar-refractivity contribution in [2.75, 3.05) is 25.4 Å². The van der Waals surface area contributed by atoms with E-state index in [0.29, 0.717) is 25.2 Å². The molecule has 0 aliphatic carbocycles. The minimum Gasteiger partial charge on any atom is -0.329 e. The van der Waals surface area contributed by atoms with E-state index >= 15 is 0 Å². The summed E-state index contributed by atoms with van der Waals surface area (Å²) in [7, 11) is -3.18. The topological polar surface area (TPSA) is 57.7 Å². The number of amides is 1. The van der Waals surface area contributed by atoms with Gasteiger partial charge in [0.2, 0.25) is 10.0 Å². The number of carbonyl (C=O) groups excluding carboxylic acids is 1. The van der Waals surface area contributed by atoms with E-state index in [4.69, 9.17) is 0 Å². The zero-order valence-corrected chi connectivity index (χ0v) is 12.8. The summed E-state index contributed by atoms with van der Waals surface area (Å²) in [4.78, 5) is 14.0. The Morgan fingerprint density at radius 1 is 1.25 bits per heavy atom. The lowest BCUT2D eigenvalue weighted by Crippen LogP contribution is -2.49. The SMILES string of the molecule is CCS(=O)(=O)N1CCN2C(=O)c3ccccc3[C@H]2C1.Cl. The van der Waals surface area contributed by atoms with Gasteiger partial charge in [0.15, 0.2) is 0 Å². The van der Waals surface area contributed by atoms with Gasteiger partial charge in [0.05, 0.1) is 11.8 Å². The van der Waals surface area contributed by atoms with Crippen molar-refractivity contribution < 1.29 is 13.2 Å². The number of nitrogens with zero attached hydrogens (tertiary/aromatic N) is 2. The van der Waals surface area contributed by atoms with E-state index in [1.54, 1.807) is 11.8 Å². The highest BCUT2D eigenvalue weighted by atomic mass is 35.5. The monoisotopic (exact) mass is 316 g/mol. The number of sulfonamides is 1. The van der Waals surface area contributed by atoms with Crippen molar-refractivity contribution in [2.45, 2.75) is 13.0 Å². The van der Waals surface area contributed by atoms with Gasteiger partial charge in [-0.1, -0.05) is 18.2 Å². The van der Waals surface area contributed by atoms with E-state index in [-0.39, 0.29) is 30.1 Å². The third kappa shape index (κ3) is 2.21. The molecule has 0 spiro atoms. The summed E-state index contributed by atoms with van der Waals surface area (Å²) < 4.78 is 25.4. The number of benzene rings is 1. The fourth-order valence-electron chi connectivity index (χ4n) is 2.84. The van der Waals surface area contributed by atoms with Crippen LogP contribution in [0.2, 0.25) is 0 Å². The first kappa shape index (κ1) is 15.3. The van der Waals surface area contributed by atoms with Crippen LogP contribution in [-0.2, 0) is 10.0 Å². The molecule has 0 saturated carbocycles. The highest BCUT2D eigenvalue weighted by Gasteiger charge is 2.42. The first-order valence-corrected chi connectivity index (χ1v) is 8.03. The van der Waals surface area contributed by atoms with Gasteiger partial charge >= 0.3 is 0 Å². The largest absolute Gasteiger partial charge is 0.329 e. The highest BCUT2D eigenvalue weighted by molar-refractivity contribution is 7.89. The molecule has 1 saturated heterocycles. The van der Waals surface area contributed by atoms with E-state index < -0.39 is 10.0 Å². The van der Waals surface area contributed by atoms with Gasteiger partial charge in [-0.15, -0.1) is 12.4 Å². The van der Waals surface area contributed by atoms with Crippen LogP contribution in [0.1, 0.15) is 28.9 Å². The third-order valence-electron chi connectivity index (χ3n) is 3.91. The molecule has 1 amide bonds. The predicted molar refractivity (Wildman–Crippen MR) is 78.5 cm³/mol. The Labute approximate surface area is 125 Å². The number of piperazine rings is 1. The van der Waals surface area contributed by atoms with Crippen molar-refractivity contribution in [3.05, 3.63) is 35.4 Å². The second kappa shape index (κ2) is 5.35. The van der Waals surface area contributed by atoms with Gasteiger partial charge in [-0.3, -0.25) is 4.79 Å².